The summed E-state index contributed by atoms with van der Waals surface area (Å²) >= 11 is 0. The van der Waals surface area contributed by atoms with Crippen LogP contribution in [0.3, 0.4) is 0 Å². The van der Waals surface area contributed by atoms with Crippen LogP contribution in [0.4, 0.5) is 5.69 Å². The topological polar surface area (TPSA) is 102 Å². The van der Waals surface area contributed by atoms with Gasteiger partial charge in [-0.05, 0) is 68.9 Å². The molecular formula is C31H38B2N4O3. The molecule has 5 N–H and O–H groups in total. The van der Waals surface area contributed by atoms with Crippen molar-refractivity contribution in [1.82, 2.24) is 16.0 Å². The van der Waals surface area contributed by atoms with E-state index in [2.05, 4.69) is 34.4 Å². The number of benzene rings is 2. The summed E-state index contributed by atoms with van der Waals surface area (Å²) in [5.74, 6) is -0.820. The molecule has 40 heavy (non-hydrogen) atoms. The van der Waals surface area contributed by atoms with E-state index in [1.807, 2.05) is 56.3 Å². The van der Waals surface area contributed by atoms with Crippen molar-refractivity contribution >= 4 is 38.9 Å². The van der Waals surface area contributed by atoms with Crippen LogP contribution in [0.1, 0.15) is 49.3 Å². The number of anilines is 1. The Labute approximate surface area is 240 Å². The number of carbonyl (C=O) groups is 2. The van der Waals surface area contributed by atoms with Crippen LogP contribution in [-0.4, -0.2) is 56.8 Å². The van der Waals surface area contributed by atoms with Gasteiger partial charge in [0.05, 0.1) is 27.4 Å². The molecule has 2 aliphatic rings. The predicted molar refractivity (Wildman–Crippen MR) is 162 cm³/mol. The van der Waals surface area contributed by atoms with Gasteiger partial charge in [0.25, 0.3) is 0 Å². The molecule has 2 amide bonds. The Balaban J connectivity index is 1.53. The Hall–Kier alpha value is -3.45. The average Bonchev–Trinajstić information content (AvgIpc) is 3.66. The van der Waals surface area contributed by atoms with E-state index in [-0.39, 0.29) is 24.3 Å². The maximum Gasteiger partial charge on any atom is 0.223 e. The zero-order valence-electron chi connectivity index (χ0n) is 23.4. The first kappa shape index (κ1) is 29.5. The van der Waals surface area contributed by atoms with Crippen LogP contribution in [0.2, 0.25) is 5.21 Å². The largest absolute Gasteiger partial charge is 0.385 e. The van der Waals surface area contributed by atoms with Gasteiger partial charge < -0.3 is 26.4 Å². The monoisotopic (exact) mass is 536 g/mol. The summed E-state index contributed by atoms with van der Waals surface area (Å²) in [7, 11) is 12.5. The number of amides is 2. The zero-order chi connectivity index (χ0) is 29.0. The molecule has 0 bridgehead atoms. The van der Waals surface area contributed by atoms with E-state index in [0.717, 1.165) is 24.0 Å². The molecule has 2 unspecified atom stereocenters. The molecule has 206 valence electrons. The van der Waals surface area contributed by atoms with E-state index >= 15 is 0 Å². The van der Waals surface area contributed by atoms with Gasteiger partial charge in [-0.3, -0.25) is 9.59 Å². The first-order chi connectivity index (χ1) is 18.9. The number of aliphatic hydroxyl groups is 1. The molecule has 4 atom stereocenters. The van der Waals surface area contributed by atoms with Crippen LogP contribution >= 0.6 is 0 Å². The van der Waals surface area contributed by atoms with E-state index < -0.39 is 23.3 Å². The summed E-state index contributed by atoms with van der Waals surface area (Å²) in [6.45, 7) is 12.2. The molecule has 0 spiro atoms. The van der Waals surface area contributed by atoms with E-state index in [1.165, 1.54) is 0 Å². The molecule has 9 heteroatoms. The third-order valence-electron chi connectivity index (χ3n) is 7.51. The number of aryl methyl sites for hydroxylation is 1. The van der Waals surface area contributed by atoms with Crippen LogP contribution in [0.5, 0.6) is 0 Å². The molecule has 1 heterocycles. The maximum absolute atomic E-state index is 13.2. The molecule has 4 radical (unpaired) electrons. The number of hydrogen-bond acceptors (Lipinski definition) is 5. The van der Waals surface area contributed by atoms with Gasteiger partial charge in [0.2, 0.25) is 11.8 Å². The highest BCUT2D eigenvalue weighted by atomic mass is 16.3. The SMILES string of the molecule is [B]C([B])(Cc1ccccc1)C(=O)Nc1ccc(C)cc1C(=C)N[C@@H](C[C@@H]1CC(C)NC1=O)C(O)C(=C)NC1CC1. The minimum atomic E-state index is -1.64. The fourth-order valence-electron chi connectivity index (χ4n) is 5.12. The van der Waals surface area contributed by atoms with Crippen LogP contribution in [-0.2, 0) is 16.0 Å². The first-order valence-corrected chi connectivity index (χ1v) is 13.9. The minimum absolute atomic E-state index is 0.0259. The van der Waals surface area contributed by atoms with Gasteiger partial charge in [-0.2, -0.15) is 0 Å². The van der Waals surface area contributed by atoms with Crippen LogP contribution < -0.4 is 21.3 Å². The molecule has 2 fully saturated rings. The smallest absolute Gasteiger partial charge is 0.223 e. The Morgan fingerprint density at radius 3 is 2.50 bits per heavy atom. The molecule has 1 saturated carbocycles. The predicted octanol–water partition coefficient (Wildman–Crippen LogP) is 3.10. The van der Waals surface area contributed by atoms with Crippen LogP contribution in [0.15, 0.2) is 67.4 Å². The molecular weight excluding hydrogens is 498 g/mol. The Morgan fingerprint density at radius 1 is 1.18 bits per heavy atom. The number of carbonyl (C=O) groups excluding carboxylic acids is 2. The molecule has 1 aliphatic carbocycles. The summed E-state index contributed by atoms with van der Waals surface area (Å²) in [4.78, 5) is 25.8. The van der Waals surface area contributed by atoms with Crippen LogP contribution in [0, 0.1) is 12.8 Å². The molecule has 1 aliphatic heterocycles. The lowest BCUT2D eigenvalue weighted by Gasteiger charge is -2.30. The summed E-state index contributed by atoms with van der Waals surface area (Å²) in [6.07, 6.45) is 2.35. The van der Waals surface area contributed by atoms with E-state index in [9.17, 15) is 14.7 Å². The Morgan fingerprint density at radius 2 is 1.88 bits per heavy atom. The number of hydrogen-bond donors (Lipinski definition) is 5. The van der Waals surface area contributed by atoms with Crippen molar-refractivity contribution in [3.8, 4) is 0 Å². The second-order valence-corrected chi connectivity index (χ2v) is 11.4. The Bertz CT molecular complexity index is 1260. The second-order valence-electron chi connectivity index (χ2n) is 11.4. The van der Waals surface area contributed by atoms with Gasteiger partial charge in [-0.25, -0.2) is 0 Å². The molecule has 2 aromatic rings. The second kappa shape index (κ2) is 12.4. The van der Waals surface area contributed by atoms with Gasteiger partial charge >= 0.3 is 0 Å². The van der Waals surface area contributed by atoms with E-state index in [4.69, 9.17) is 15.7 Å². The first-order valence-electron chi connectivity index (χ1n) is 13.9. The maximum atomic E-state index is 13.2. The van der Waals surface area contributed by atoms with Crippen LogP contribution in [0.25, 0.3) is 5.70 Å². The lowest BCUT2D eigenvalue weighted by atomic mass is 9.51. The van der Waals surface area contributed by atoms with Gasteiger partial charge in [0.1, 0.15) is 6.10 Å². The number of aliphatic hydroxyl groups excluding tert-OH is 1. The summed E-state index contributed by atoms with van der Waals surface area (Å²) in [5.41, 5.74) is 3.90. The number of rotatable bonds is 13. The van der Waals surface area contributed by atoms with E-state index in [1.54, 1.807) is 6.07 Å². The normalized spacial score (nSPS) is 20.2. The fraction of sp³-hybridized carbons (Fsp3) is 0.419. The highest BCUT2D eigenvalue weighted by Gasteiger charge is 2.36. The third kappa shape index (κ3) is 7.60. The average molecular weight is 536 g/mol. The van der Waals surface area contributed by atoms with Gasteiger partial charge in [0, 0.05) is 35.0 Å². The number of nitrogens with one attached hydrogen (secondary N) is 4. The van der Waals surface area contributed by atoms with Crippen molar-refractivity contribution in [1.29, 1.82) is 0 Å². The lowest BCUT2D eigenvalue weighted by Crippen LogP contribution is -2.45. The minimum Gasteiger partial charge on any atom is -0.385 e. The quantitative estimate of drug-likeness (QED) is 0.254. The van der Waals surface area contributed by atoms with Crippen molar-refractivity contribution in [3.05, 3.63) is 84.1 Å². The summed E-state index contributed by atoms with van der Waals surface area (Å²) < 4.78 is 0. The third-order valence-corrected chi connectivity index (χ3v) is 7.51. The highest BCUT2D eigenvalue weighted by Crippen LogP contribution is 2.30. The molecule has 4 rings (SSSR count). The molecule has 1 saturated heterocycles. The van der Waals surface area contributed by atoms with Crippen molar-refractivity contribution in [2.45, 2.75) is 75.4 Å². The van der Waals surface area contributed by atoms with Crippen molar-refractivity contribution in [3.63, 3.8) is 0 Å². The molecule has 2 aromatic carbocycles. The van der Waals surface area contributed by atoms with Crippen molar-refractivity contribution in [2.24, 2.45) is 5.92 Å². The summed E-state index contributed by atoms with van der Waals surface area (Å²) in [5, 5.41) is 22.1. The van der Waals surface area contributed by atoms with E-state index in [0.29, 0.717) is 41.5 Å². The zero-order valence-corrected chi connectivity index (χ0v) is 23.4. The van der Waals surface area contributed by atoms with Gasteiger partial charge in [0.15, 0.2) is 0 Å². The lowest BCUT2D eigenvalue weighted by molar-refractivity contribution is -0.123. The van der Waals surface area contributed by atoms with Crippen molar-refractivity contribution in [2.75, 3.05) is 5.32 Å². The molecule has 0 aromatic heterocycles. The van der Waals surface area contributed by atoms with Gasteiger partial charge in [-0.1, -0.05) is 55.1 Å². The standard InChI is InChI=1S/C31H38B2N4O3/c1-18-10-13-26(37-30(40)31(32,33)17-22-8-6-5-7-9-22)25(14-18)20(3)36-27(16-23-15-19(2)34-29(23)39)28(38)21(4)35-24-11-12-24/h5-10,13-14,19,23-24,27-28,35-36,38H,3-4,11-12,15-17H2,1-2H3,(H,34,39)(H,37,40)/t19?,23-,27-,28?/m0/s1. The highest BCUT2D eigenvalue weighted by molar-refractivity contribution is 6.52. The summed E-state index contributed by atoms with van der Waals surface area (Å²) in [6, 6.07) is 14.8. The van der Waals surface area contributed by atoms with Gasteiger partial charge in [-0.15, -0.1) is 0 Å². The van der Waals surface area contributed by atoms with Crippen molar-refractivity contribution < 1.29 is 14.7 Å². The fourth-order valence-corrected chi connectivity index (χ4v) is 5.12. The molecule has 7 nitrogen and oxygen atoms in total. The Kier molecular flexibility index (Phi) is 9.14.